The van der Waals surface area contributed by atoms with E-state index in [1.54, 1.807) is 11.3 Å². The molecule has 1 aromatic rings. The summed E-state index contributed by atoms with van der Waals surface area (Å²) in [7, 11) is 0. The zero-order chi connectivity index (χ0) is 10.7. The van der Waals surface area contributed by atoms with Crippen LogP contribution in [0.25, 0.3) is 0 Å². The van der Waals surface area contributed by atoms with Gasteiger partial charge in [-0.1, -0.05) is 20.8 Å². The fourth-order valence-electron chi connectivity index (χ4n) is 1.45. The molecule has 0 aliphatic heterocycles. The smallest absolute Gasteiger partial charge is 0.230 e. The molecule has 0 bridgehead atoms. The van der Waals surface area contributed by atoms with Crippen molar-refractivity contribution in [1.29, 1.82) is 0 Å². The molecule has 1 nitrogen and oxygen atoms in total. The van der Waals surface area contributed by atoms with Crippen LogP contribution in [0, 0.1) is 5.92 Å². The molecule has 1 unspecified atom stereocenters. The maximum absolute atomic E-state index is 11.3. The monoisotopic (exact) mass is 230 g/mol. The molecular weight excluding hydrogens is 216 g/mol. The van der Waals surface area contributed by atoms with E-state index in [0.29, 0.717) is 0 Å². The zero-order valence-corrected chi connectivity index (χ0v) is 10.3. The van der Waals surface area contributed by atoms with E-state index in [2.05, 4.69) is 18.4 Å². The molecule has 1 atom stereocenters. The summed E-state index contributed by atoms with van der Waals surface area (Å²) in [4.78, 5) is 12.3. The van der Waals surface area contributed by atoms with Crippen molar-refractivity contribution in [2.45, 2.75) is 33.1 Å². The molecule has 0 amide bonds. The number of halogens is 1. The van der Waals surface area contributed by atoms with Crippen molar-refractivity contribution in [3.8, 4) is 0 Å². The van der Waals surface area contributed by atoms with Crippen LogP contribution >= 0.6 is 22.9 Å². The first-order chi connectivity index (χ1) is 6.56. The van der Waals surface area contributed by atoms with E-state index in [1.165, 1.54) is 5.56 Å². The van der Waals surface area contributed by atoms with Gasteiger partial charge in [0.2, 0.25) is 5.24 Å². The molecule has 0 saturated carbocycles. The van der Waals surface area contributed by atoms with E-state index in [-0.39, 0.29) is 17.1 Å². The highest BCUT2D eigenvalue weighted by Crippen LogP contribution is 2.31. The molecule has 1 heterocycles. The second-order valence-electron chi connectivity index (χ2n) is 3.74. The first-order valence-corrected chi connectivity index (χ1v) is 6.08. The van der Waals surface area contributed by atoms with Crippen LogP contribution in [0.15, 0.2) is 11.4 Å². The molecule has 0 N–H and O–H groups in total. The van der Waals surface area contributed by atoms with Gasteiger partial charge in [-0.25, -0.2) is 0 Å². The third-order valence-electron chi connectivity index (χ3n) is 2.30. The number of thiophene rings is 1. The van der Waals surface area contributed by atoms with E-state index in [9.17, 15) is 4.79 Å². The van der Waals surface area contributed by atoms with E-state index in [1.807, 2.05) is 13.8 Å². The van der Waals surface area contributed by atoms with Gasteiger partial charge in [-0.15, -0.1) is 11.3 Å². The summed E-state index contributed by atoms with van der Waals surface area (Å²) in [5.41, 5.74) is 1.29. The van der Waals surface area contributed by atoms with E-state index < -0.39 is 0 Å². The van der Waals surface area contributed by atoms with Gasteiger partial charge in [-0.3, -0.25) is 4.79 Å². The number of aryl methyl sites for hydroxylation is 1. The van der Waals surface area contributed by atoms with Gasteiger partial charge in [0.15, 0.2) is 0 Å². The van der Waals surface area contributed by atoms with Crippen LogP contribution in [0.3, 0.4) is 0 Å². The Balaban J connectivity index is 2.93. The van der Waals surface area contributed by atoms with Crippen LogP contribution in [0.1, 0.15) is 37.1 Å². The van der Waals surface area contributed by atoms with Gasteiger partial charge in [0.1, 0.15) is 0 Å². The number of carbonyl (C=O) groups excluding carboxylic acids is 1. The molecule has 0 radical (unpaired) electrons. The topological polar surface area (TPSA) is 17.1 Å². The first-order valence-electron chi connectivity index (χ1n) is 4.83. The van der Waals surface area contributed by atoms with Gasteiger partial charge < -0.3 is 0 Å². The molecule has 1 aromatic heterocycles. The zero-order valence-electron chi connectivity index (χ0n) is 8.71. The molecule has 0 saturated heterocycles. The Kier molecular flexibility index (Phi) is 4.14. The van der Waals surface area contributed by atoms with E-state index in [0.717, 1.165) is 11.3 Å². The Morgan fingerprint density at radius 3 is 2.57 bits per heavy atom. The third kappa shape index (κ3) is 2.58. The normalized spacial score (nSPS) is 13.2. The van der Waals surface area contributed by atoms with Crippen molar-refractivity contribution in [3.63, 3.8) is 0 Å². The van der Waals surface area contributed by atoms with Crippen LogP contribution in [0.2, 0.25) is 0 Å². The molecule has 0 spiro atoms. The minimum atomic E-state index is -0.246. The van der Waals surface area contributed by atoms with Crippen LogP contribution < -0.4 is 0 Å². The lowest BCUT2D eigenvalue weighted by Crippen LogP contribution is -2.11. The molecule has 78 valence electrons. The number of hydrogen-bond acceptors (Lipinski definition) is 2. The lowest BCUT2D eigenvalue weighted by molar-refractivity contribution is -0.113. The highest BCUT2D eigenvalue weighted by atomic mass is 35.5. The molecule has 0 aliphatic rings. The number of rotatable bonds is 4. The Labute approximate surface area is 94.1 Å². The number of carbonyl (C=O) groups is 1. The Bertz CT molecular complexity index is 317. The predicted molar refractivity (Wildman–Crippen MR) is 62.1 cm³/mol. The fraction of sp³-hybridized carbons (Fsp3) is 0.545. The van der Waals surface area contributed by atoms with Crippen LogP contribution in [0.4, 0.5) is 0 Å². The molecule has 1 rings (SSSR count). The quantitative estimate of drug-likeness (QED) is 0.719. The van der Waals surface area contributed by atoms with Gasteiger partial charge >= 0.3 is 0 Å². The van der Waals surface area contributed by atoms with Gasteiger partial charge in [-0.05, 0) is 40.9 Å². The average molecular weight is 231 g/mol. The highest BCUT2D eigenvalue weighted by molar-refractivity contribution is 7.10. The molecular formula is C11H15ClOS. The van der Waals surface area contributed by atoms with Crippen molar-refractivity contribution in [3.05, 3.63) is 21.9 Å². The van der Waals surface area contributed by atoms with Gasteiger partial charge in [0.25, 0.3) is 0 Å². The second-order valence-corrected chi connectivity index (χ2v) is 5.05. The molecule has 0 aliphatic carbocycles. The summed E-state index contributed by atoms with van der Waals surface area (Å²) >= 11 is 7.23. The van der Waals surface area contributed by atoms with Gasteiger partial charge in [0, 0.05) is 4.88 Å². The Hall–Kier alpha value is -0.340. The summed E-state index contributed by atoms with van der Waals surface area (Å²) in [6, 6.07) is 2.09. The second kappa shape index (κ2) is 4.94. The van der Waals surface area contributed by atoms with Crippen molar-refractivity contribution in [2.24, 2.45) is 5.92 Å². The van der Waals surface area contributed by atoms with Gasteiger partial charge in [0.05, 0.1) is 5.92 Å². The molecule has 0 fully saturated rings. The van der Waals surface area contributed by atoms with E-state index in [4.69, 9.17) is 11.6 Å². The van der Waals surface area contributed by atoms with Crippen molar-refractivity contribution < 1.29 is 4.79 Å². The summed E-state index contributed by atoms with van der Waals surface area (Å²) in [6.45, 7) is 6.16. The highest BCUT2D eigenvalue weighted by Gasteiger charge is 2.23. The number of hydrogen-bond donors (Lipinski definition) is 0. The van der Waals surface area contributed by atoms with Crippen molar-refractivity contribution in [1.82, 2.24) is 0 Å². The molecule has 3 heteroatoms. The van der Waals surface area contributed by atoms with Crippen molar-refractivity contribution >= 4 is 28.2 Å². The van der Waals surface area contributed by atoms with Gasteiger partial charge in [-0.2, -0.15) is 0 Å². The standard InChI is InChI=1S/C11H15ClOS/c1-4-8-5-9(14-6-8)10(7(2)3)11(12)13/h5-7,10H,4H2,1-3H3. The maximum atomic E-state index is 11.3. The lowest BCUT2D eigenvalue weighted by Gasteiger charge is -2.14. The molecule has 14 heavy (non-hydrogen) atoms. The Morgan fingerprint density at radius 2 is 2.21 bits per heavy atom. The maximum Gasteiger partial charge on any atom is 0.230 e. The fourth-order valence-corrected chi connectivity index (χ4v) is 3.15. The minimum Gasteiger partial charge on any atom is -0.281 e. The Morgan fingerprint density at radius 1 is 1.57 bits per heavy atom. The average Bonchev–Trinajstić information content (AvgIpc) is 2.51. The van der Waals surface area contributed by atoms with Crippen molar-refractivity contribution in [2.75, 3.05) is 0 Å². The predicted octanol–water partition coefficient (Wildman–Crippen LogP) is 3.82. The first kappa shape index (κ1) is 11.7. The summed E-state index contributed by atoms with van der Waals surface area (Å²) in [6.07, 6.45) is 1.01. The molecule has 0 aromatic carbocycles. The van der Waals surface area contributed by atoms with E-state index >= 15 is 0 Å². The summed E-state index contributed by atoms with van der Waals surface area (Å²) in [5, 5.41) is 1.86. The third-order valence-corrected chi connectivity index (χ3v) is 3.60. The lowest BCUT2D eigenvalue weighted by atomic mass is 9.95. The minimum absolute atomic E-state index is 0.137. The largest absolute Gasteiger partial charge is 0.281 e. The summed E-state index contributed by atoms with van der Waals surface area (Å²) < 4.78 is 0. The SMILES string of the molecule is CCc1csc(C(C(=O)Cl)C(C)C)c1. The van der Waals surface area contributed by atoms with Crippen LogP contribution in [0.5, 0.6) is 0 Å². The summed E-state index contributed by atoms with van der Waals surface area (Å²) in [5.74, 6) is 0.130. The van der Waals surface area contributed by atoms with Crippen LogP contribution in [-0.2, 0) is 11.2 Å². The van der Waals surface area contributed by atoms with Crippen LogP contribution in [-0.4, -0.2) is 5.24 Å².